The molecule has 2 aliphatic carbocycles. The van der Waals surface area contributed by atoms with Crippen LogP contribution < -0.4 is 9.80 Å². The molecule has 9 aromatic carbocycles. The molecular weight excluding hydrogens is 749 g/mol. The summed E-state index contributed by atoms with van der Waals surface area (Å²) in [6.07, 6.45) is 0. The van der Waals surface area contributed by atoms with E-state index in [-0.39, 0.29) is 10.8 Å². The van der Waals surface area contributed by atoms with Gasteiger partial charge in [-0.05, 0) is 122 Å². The van der Waals surface area contributed by atoms with E-state index in [9.17, 15) is 0 Å². The van der Waals surface area contributed by atoms with Crippen molar-refractivity contribution in [1.82, 2.24) is 0 Å². The van der Waals surface area contributed by atoms with Crippen LogP contribution in [0.4, 0.5) is 34.1 Å². The third-order valence-electron chi connectivity index (χ3n) is 13.4. The van der Waals surface area contributed by atoms with Gasteiger partial charge in [-0.3, -0.25) is 0 Å². The number of hydrogen-bond acceptors (Lipinski definition) is 2. The maximum Gasteiger partial charge on any atom is 0.0587 e. The van der Waals surface area contributed by atoms with Gasteiger partial charge in [0.1, 0.15) is 0 Å². The Hall–Kier alpha value is -7.42. The molecule has 0 bridgehead atoms. The molecular formula is C60H48N2. The molecule has 0 radical (unpaired) electrons. The molecule has 0 atom stereocenters. The monoisotopic (exact) mass is 796 g/mol. The summed E-state index contributed by atoms with van der Waals surface area (Å²) in [6.45, 7) is 9.50. The average molecular weight is 797 g/mol. The lowest BCUT2D eigenvalue weighted by Crippen LogP contribution is -2.21. The molecule has 0 aromatic heterocycles. The molecule has 298 valence electrons. The lowest BCUT2D eigenvalue weighted by atomic mass is 9.79. The molecule has 0 amide bonds. The van der Waals surface area contributed by atoms with Crippen LogP contribution in [0.1, 0.15) is 49.9 Å². The lowest BCUT2D eigenvalue weighted by molar-refractivity contribution is 0.660. The van der Waals surface area contributed by atoms with E-state index in [1.165, 1.54) is 66.9 Å². The van der Waals surface area contributed by atoms with E-state index in [0.717, 1.165) is 34.0 Å². The number of benzene rings is 9. The summed E-state index contributed by atoms with van der Waals surface area (Å²) >= 11 is 0. The van der Waals surface area contributed by atoms with Crippen molar-refractivity contribution in [3.8, 4) is 44.5 Å². The molecule has 0 fully saturated rings. The van der Waals surface area contributed by atoms with Gasteiger partial charge >= 0.3 is 0 Å². The SMILES string of the molecule is CC1(C)c2ccccc2-c2ccc(N(c3ccccc3)c3ccc(-c4ccc5c(c4N(c4ccccc4)c4cccc(-c6ccccc6)c4)C(C)(C)c4ccccc4-5)cc3)cc21. The highest BCUT2D eigenvalue weighted by Crippen LogP contribution is 2.57. The Morgan fingerprint density at radius 1 is 0.274 bits per heavy atom. The van der Waals surface area contributed by atoms with Crippen molar-refractivity contribution >= 4 is 34.1 Å². The second-order valence-electron chi connectivity index (χ2n) is 17.8. The zero-order valence-corrected chi connectivity index (χ0v) is 35.7. The third kappa shape index (κ3) is 6.01. The maximum absolute atomic E-state index is 2.50. The van der Waals surface area contributed by atoms with Gasteiger partial charge < -0.3 is 9.80 Å². The van der Waals surface area contributed by atoms with Crippen LogP contribution in [0.2, 0.25) is 0 Å². The second kappa shape index (κ2) is 14.6. The second-order valence-corrected chi connectivity index (χ2v) is 17.8. The fourth-order valence-corrected chi connectivity index (χ4v) is 10.4. The normalized spacial score (nSPS) is 13.7. The van der Waals surface area contributed by atoms with Gasteiger partial charge in [0.25, 0.3) is 0 Å². The average Bonchev–Trinajstić information content (AvgIpc) is 3.70. The number of hydrogen-bond donors (Lipinski definition) is 0. The van der Waals surface area contributed by atoms with Crippen LogP contribution in [0.15, 0.2) is 218 Å². The van der Waals surface area contributed by atoms with Crippen molar-refractivity contribution in [3.05, 3.63) is 241 Å². The summed E-state index contributed by atoms with van der Waals surface area (Å²) in [5, 5.41) is 0. The van der Waals surface area contributed by atoms with Gasteiger partial charge in [-0.1, -0.05) is 185 Å². The first kappa shape index (κ1) is 37.6. The van der Waals surface area contributed by atoms with Gasteiger partial charge in [-0.2, -0.15) is 0 Å². The van der Waals surface area contributed by atoms with Crippen LogP contribution in [-0.2, 0) is 10.8 Å². The van der Waals surface area contributed by atoms with Gasteiger partial charge in [0.15, 0.2) is 0 Å². The van der Waals surface area contributed by atoms with Gasteiger partial charge in [-0.25, -0.2) is 0 Å². The molecule has 0 saturated carbocycles. The first-order chi connectivity index (χ1) is 30.3. The number of nitrogens with zero attached hydrogens (tertiary/aromatic N) is 2. The third-order valence-corrected chi connectivity index (χ3v) is 13.4. The van der Waals surface area contributed by atoms with E-state index >= 15 is 0 Å². The van der Waals surface area contributed by atoms with Crippen molar-refractivity contribution in [2.24, 2.45) is 0 Å². The first-order valence-electron chi connectivity index (χ1n) is 21.8. The predicted molar refractivity (Wildman–Crippen MR) is 262 cm³/mol. The Labute approximate surface area is 366 Å². The molecule has 2 heteroatoms. The molecule has 2 nitrogen and oxygen atoms in total. The predicted octanol–water partition coefficient (Wildman–Crippen LogP) is 16.6. The van der Waals surface area contributed by atoms with Crippen LogP contribution in [0.5, 0.6) is 0 Å². The highest BCUT2D eigenvalue weighted by Gasteiger charge is 2.40. The highest BCUT2D eigenvalue weighted by atomic mass is 15.2. The smallest absolute Gasteiger partial charge is 0.0587 e. The summed E-state index contributed by atoms with van der Waals surface area (Å²) in [5.41, 5.74) is 21.9. The van der Waals surface area contributed by atoms with Crippen molar-refractivity contribution in [3.63, 3.8) is 0 Å². The van der Waals surface area contributed by atoms with Gasteiger partial charge in [-0.15, -0.1) is 0 Å². The highest BCUT2D eigenvalue weighted by molar-refractivity contribution is 5.99. The number of para-hydroxylation sites is 2. The summed E-state index contributed by atoms with van der Waals surface area (Å²) in [5.74, 6) is 0. The minimum Gasteiger partial charge on any atom is -0.310 e. The molecule has 0 aliphatic heterocycles. The van der Waals surface area contributed by atoms with Gasteiger partial charge in [0.2, 0.25) is 0 Å². The van der Waals surface area contributed by atoms with E-state index in [2.05, 4.69) is 256 Å². The molecule has 11 rings (SSSR count). The minimum atomic E-state index is -0.258. The summed E-state index contributed by atoms with van der Waals surface area (Å²) < 4.78 is 0. The first-order valence-corrected chi connectivity index (χ1v) is 21.8. The van der Waals surface area contributed by atoms with Crippen LogP contribution >= 0.6 is 0 Å². The molecule has 0 saturated heterocycles. The quantitative estimate of drug-likeness (QED) is 0.151. The Balaban J connectivity index is 1.10. The maximum atomic E-state index is 2.50. The summed E-state index contributed by atoms with van der Waals surface area (Å²) in [7, 11) is 0. The lowest BCUT2D eigenvalue weighted by Gasteiger charge is -2.34. The minimum absolute atomic E-state index is 0.100. The van der Waals surface area contributed by atoms with Crippen LogP contribution in [0.3, 0.4) is 0 Å². The van der Waals surface area contributed by atoms with E-state index in [1.807, 2.05) is 0 Å². The molecule has 0 unspecified atom stereocenters. The summed E-state index contributed by atoms with van der Waals surface area (Å²) in [6, 6.07) is 80.2. The van der Waals surface area contributed by atoms with Crippen molar-refractivity contribution in [1.29, 1.82) is 0 Å². The topological polar surface area (TPSA) is 6.48 Å². The molecule has 0 N–H and O–H groups in total. The van der Waals surface area contributed by atoms with Gasteiger partial charge in [0.05, 0.1) is 5.69 Å². The fraction of sp³-hybridized carbons (Fsp3) is 0.100. The van der Waals surface area contributed by atoms with E-state index in [1.54, 1.807) is 0 Å². The van der Waals surface area contributed by atoms with Crippen molar-refractivity contribution in [2.75, 3.05) is 9.80 Å². The molecule has 0 spiro atoms. The van der Waals surface area contributed by atoms with E-state index in [4.69, 9.17) is 0 Å². The Morgan fingerprint density at radius 2 is 0.726 bits per heavy atom. The van der Waals surface area contributed by atoms with E-state index < -0.39 is 0 Å². The number of fused-ring (bicyclic) bond motifs is 6. The number of anilines is 6. The van der Waals surface area contributed by atoms with Crippen LogP contribution in [0, 0.1) is 0 Å². The van der Waals surface area contributed by atoms with Crippen LogP contribution in [-0.4, -0.2) is 0 Å². The zero-order chi connectivity index (χ0) is 42.0. The van der Waals surface area contributed by atoms with E-state index in [0.29, 0.717) is 0 Å². The van der Waals surface area contributed by atoms with Crippen molar-refractivity contribution < 1.29 is 0 Å². The largest absolute Gasteiger partial charge is 0.310 e. The Bertz CT molecular complexity index is 3110. The Kier molecular flexibility index (Phi) is 8.87. The molecule has 62 heavy (non-hydrogen) atoms. The van der Waals surface area contributed by atoms with Crippen molar-refractivity contribution in [2.45, 2.75) is 38.5 Å². The fourth-order valence-electron chi connectivity index (χ4n) is 10.4. The van der Waals surface area contributed by atoms with Gasteiger partial charge in [0, 0.05) is 44.8 Å². The zero-order valence-electron chi connectivity index (χ0n) is 35.7. The molecule has 2 aliphatic rings. The Morgan fingerprint density at radius 3 is 1.40 bits per heavy atom. The standard InChI is InChI=1S/C60H48N2/c1-59(2)54-29-16-14-27-50(54)52-36-35-48(40-56(52)59)61(44-22-10-6-11-23-44)46-33-31-42(32-34-46)49-37-38-53-51-28-15-17-30-55(51)60(3,4)57(53)58(49)62(45-24-12-7-13-25-45)47-26-18-21-43(39-47)41-19-8-5-9-20-41/h5-40H,1-4H3. The summed E-state index contributed by atoms with van der Waals surface area (Å²) in [4.78, 5) is 4.90. The molecule has 9 aromatic rings. The number of rotatable bonds is 8. The van der Waals surface area contributed by atoms with Crippen LogP contribution in [0.25, 0.3) is 44.5 Å². The molecule has 0 heterocycles.